The zero-order valence-corrected chi connectivity index (χ0v) is 22.5. The lowest BCUT2D eigenvalue weighted by Crippen LogP contribution is -2.32. The Morgan fingerprint density at radius 2 is 1.61 bits per heavy atom. The number of para-hydroxylation sites is 1. The molecule has 5 aromatic rings. The minimum atomic E-state index is -0.0499. The number of fused-ring (bicyclic) bond motifs is 3. The summed E-state index contributed by atoms with van der Waals surface area (Å²) in [7, 11) is 0. The van der Waals surface area contributed by atoms with Crippen LogP contribution in [0.1, 0.15) is 26.4 Å². The van der Waals surface area contributed by atoms with Crippen LogP contribution in [0.25, 0.3) is 15.9 Å². The lowest BCUT2D eigenvalue weighted by Gasteiger charge is -2.26. The van der Waals surface area contributed by atoms with Crippen LogP contribution in [0.5, 0.6) is 0 Å². The minimum Gasteiger partial charge on any atom is -0.298 e. The molecule has 6 rings (SSSR count). The summed E-state index contributed by atoms with van der Waals surface area (Å²) < 4.78 is 1.68. The van der Waals surface area contributed by atoms with E-state index in [1.54, 1.807) is 15.9 Å². The molecule has 3 aromatic carbocycles. The van der Waals surface area contributed by atoms with Crippen molar-refractivity contribution in [3.05, 3.63) is 123 Å². The van der Waals surface area contributed by atoms with Crippen molar-refractivity contribution in [2.75, 3.05) is 18.8 Å². The van der Waals surface area contributed by atoms with Crippen LogP contribution in [0.4, 0.5) is 0 Å². The number of benzene rings is 3. The predicted octanol–water partition coefficient (Wildman–Crippen LogP) is 6.02. The van der Waals surface area contributed by atoms with Gasteiger partial charge >= 0.3 is 0 Å². The third-order valence-corrected chi connectivity index (χ3v) is 8.97. The van der Waals surface area contributed by atoms with Gasteiger partial charge in [-0.05, 0) is 36.1 Å². The van der Waals surface area contributed by atoms with Crippen molar-refractivity contribution in [2.24, 2.45) is 0 Å². The van der Waals surface area contributed by atoms with Gasteiger partial charge in [0.1, 0.15) is 4.83 Å². The quantitative estimate of drug-likeness (QED) is 0.138. The zero-order valence-electron chi connectivity index (χ0n) is 20.9. The molecule has 0 atom stereocenters. The van der Waals surface area contributed by atoms with Crippen molar-refractivity contribution in [2.45, 2.75) is 24.5 Å². The van der Waals surface area contributed by atoms with Gasteiger partial charge in [0, 0.05) is 30.1 Å². The molecule has 190 valence electrons. The fraction of sp³-hybridized carbons (Fsp3) is 0.194. The molecule has 3 heterocycles. The van der Waals surface area contributed by atoms with Gasteiger partial charge in [0.2, 0.25) is 0 Å². The van der Waals surface area contributed by atoms with Crippen LogP contribution in [0.15, 0.2) is 101 Å². The fourth-order valence-corrected chi connectivity index (χ4v) is 7.15. The molecule has 1 aliphatic rings. The second-order valence-electron chi connectivity index (χ2n) is 9.39. The third-order valence-electron chi connectivity index (χ3n) is 6.92. The van der Waals surface area contributed by atoms with Crippen LogP contribution in [0.2, 0.25) is 0 Å². The normalized spacial score (nSPS) is 13.5. The SMILES string of the molecule is O=C(CSc1nc2sc3c(c2c(=O)n1-c1ccccc1)CCN(CCc1ccccc1)C3)c1ccccc1. The van der Waals surface area contributed by atoms with E-state index in [1.807, 2.05) is 66.7 Å². The number of thioether (sulfide) groups is 1. The lowest BCUT2D eigenvalue weighted by atomic mass is 10.0. The standard InChI is InChI=1S/C31H27N3O2S2/c35-26(23-12-6-2-7-13-23)21-37-31-32-29-28(30(36)34(31)24-14-8-3-9-15-24)25-17-19-33(20-27(25)38-29)18-16-22-10-4-1-5-11-22/h1-15H,16-21H2. The smallest absolute Gasteiger partial charge is 0.267 e. The summed E-state index contributed by atoms with van der Waals surface area (Å²) in [6.07, 6.45) is 1.85. The van der Waals surface area contributed by atoms with Gasteiger partial charge in [0.15, 0.2) is 10.9 Å². The Hall–Kier alpha value is -3.52. The van der Waals surface area contributed by atoms with E-state index >= 15 is 0 Å². The molecule has 0 amide bonds. The second kappa shape index (κ2) is 11.1. The molecule has 0 aliphatic carbocycles. The first kappa shape index (κ1) is 24.8. The maximum Gasteiger partial charge on any atom is 0.267 e. The average Bonchev–Trinajstić information content (AvgIpc) is 3.34. The van der Waals surface area contributed by atoms with Gasteiger partial charge in [-0.25, -0.2) is 4.98 Å². The molecule has 0 fully saturated rings. The molecule has 5 nitrogen and oxygen atoms in total. The van der Waals surface area contributed by atoms with E-state index in [2.05, 4.69) is 29.2 Å². The first-order valence-corrected chi connectivity index (χ1v) is 14.6. The topological polar surface area (TPSA) is 55.2 Å². The van der Waals surface area contributed by atoms with E-state index in [4.69, 9.17) is 4.98 Å². The number of thiophene rings is 1. The molecule has 0 spiro atoms. The number of hydrogen-bond acceptors (Lipinski definition) is 6. The maximum absolute atomic E-state index is 14.0. The average molecular weight is 538 g/mol. The van der Waals surface area contributed by atoms with Crippen LogP contribution >= 0.6 is 23.1 Å². The number of carbonyl (C=O) groups is 1. The van der Waals surface area contributed by atoms with E-state index in [0.29, 0.717) is 10.7 Å². The van der Waals surface area contributed by atoms with Crippen molar-refractivity contribution in [3.8, 4) is 5.69 Å². The highest BCUT2D eigenvalue weighted by molar-refractivity contribution is 7.99. The third kappa shape index (κ3) is 5.10. The van der Waals surface area contributed by atoms with Crippen LogP contribution in [-0.4, -0.2) is 39.1 Å². The number of nitrogens with zero attached hydrogens (tertiary/aromatic N) is 3. The molecule has 2 aromatic heterocycles. The number of aromatic nitrogens is 2. The van der Waals surface area contributed by atoms with Crippen molar-refractivity contribution in [1.29, 1.82) is 0 Å². The van der Waals surface area contributed by atoms with Crippen molar-refractivity contribution in [1.82, 2.24) is 14.5 Å². The van der Waals surface area contributed by atoms with Gasteiger partial charge in [0.25, 0.3) is 5.56 Å². The summed E-state index contributed by atoms with van der Waals surface area (Å²) in [5.74, 6) is 0.233. The van der Waals surface area contributed by atoms with E-state index in [0.717, 1.165) is 53.9 Å². The van der Waals surface area contributed by atoms with Crippen molar-refractivity contribution < 1.29 is 4.79 Å². The maximum atomic E-state index is 14.0. The van der Waals surface area contributed by atoms with Crippen LogP contribution in [-0.2, 0) is 19.4 Å². The van der Waals surface area contributed by atoms with Crippen LogP contribution < -0.4 is 5.56 Å². The molecule has 0 bridgehead atoms. The summed E-state index contributed by atoms with van der Waals surface area (Å²) in [6.45, 7) is 2.75. The molecule has 0 saturated carbocycles. The largest absolute Gasteiger partial charge is 0.298 e. The summed E-state index contributed by atoms with van der Waals surface area (Å²) in [5.41, 5.74) is 3.86. The summed E-state index contributed by atoms with van der Waals surface area (Å²) >= 11 is 2.95. The number of Topliss-reactive ketones (excluding diaryl/α,β-unsaturated/α-hetero) is 1. The summed E-state index contributed by atoms with van der Waals surface area (Å²) in [4.78, 5) is 36.3. The lowest BCUT2D eigenvalue weighted by molar-refractivity contribution is 0.102. The molecular weight excluding hydrogens is 510 g/mol. The molecule has 0 unspecified atom stereocenters. The predicted molar refractivity (Wildman–Crippen MR) is 156 cm³/mol. The first-order valence-electron chi connectivity index (χ1n) is 12.8. The highest BCUT2D eigenvalue weighted by Crippen LogP contribution is 2.34. The van der Waals surface area contributed by atoms with E-state index in [-0.39, 0.29) is 17.1 Å². The number of ketones is 1. The Balaban J connectivity index is 1.32. The Morgan fingerprint density at radius 1 is 0.921 bits per heavy atom. The van der Waals surface area contributed by atoms with Gasteiger partial charge in [-0.1, -0.05) is 90.6 Å². The highest BCUT2D eigenvalue weighted by Gasteiger charge is 2.26. The van der Waals surface area contributed by atoms with Crippen LogP contribution in [0, 0.1) is 0 Å². The summed E-state index contributed by atoms with van der Waals surface area (Å²) in [5, 5.41) is 1.29. The molecule has 38 heavy (non-hydrogen) atoms. The number of hydrogen-bond donors (Lipinski definition) is 0. The highest BCUT2D eigenvalue weighted by atomic mass is 32.2. The Morgan fingerprint density at radius 3 is 2.34 bits per heavy atom. The molecular formula is C31H27N3O2S2. The summed E-state index contributed by atoms with van der Waals surface area (Å²) in [6, 6.07) is 29.4. The first-order chi connectivity index (χ1) is 18.7. The molecule has 1 aliphatic heterocycles. The molecule has 0 saturated heterocycles. The van der Waals surface area contributed by atoms with E-state index in [1.165, 1.54) is 22.2 Å². The van der Waals surface area contributed by atoms with E-state index in [9.17, 15) is 9.59 Å². The molecule has 0 N–H and O–H groups in total. The Bertz CT molecular complexity index is 1630. The van der Waals surface area contributed by atoms with Gasteiger partial charge in [-0.2, -0.15) is 0 Å². The number of carbonyl (C=O) groups excluding carboxylic acids is 1. The van der Waals surface area contributed by atoms with Crippen LogP contribution in [0.3, 0.4) is 0 Å². The fourth-order valence-electron chi connectivity index (χ4n) is 4.94. The van der Waals surface area contributed by atoms with Crippen molar-refractivity contribution >= 4 is 39.1 Å². The van der Waals surface area contributed by atoms with E-state index < -0.39 is 0 Å². The monoisotopic (exact) mass is 537 g/mol. The minimum absolute atomic E-state index is 0.0177. The molecule has 0 radical (unpaired) electrons. The Labute approximate surface area is 229 Å². The van der Waals surface area contributed by atoms with Gasteiger partial charge < -0.3 is 0 Å². The number of rotatable bonds is 8. The second-order valence-corrected chi connectivity index (χ2v) is 11.4. The van der Waals surface area contributed by atoms with Crippen molar-refractivity contribution in [3.63, 3.8) is 0 Å². The molecule has 7 heteroatoms. The zero-order chi connectivity index (χ0) is 25.9. The van der Waals surface area contributed by atoms with Gasteiger partial charge in [-0.3, -0.25) is 19.1 Å². The Kier molecular flexibility index (Phi) is 7.22. The van der Waals surface area contributed by atoms with Gasteiger partial charge in [-0.15, -0.1) is 11.3 Å². The van der Waals surface area contributed by atoms with Gasteiger partial charge in [0.05, 0.1) is 16.8 Å².